The van der Waals surface area contributed by atoms with E-state index >= 15 is 0 Å². The summed E-state index contributed by atoms with van der Waals surface area (Å²) in [7, 11) is 0. The molecule has 1 aromatic rings. The van der Waals surface area contributed by atoms with Crippen LogP contribution in [0.25, 0.3) is 0 Å². The van der Waals surface area contributed by atoms with Crippen molar-refractivity contribution in [1.29, 1.82) is 0 Å². The summed E-state index contributed by atoms with van der Waals surface area (Å²) in [5.41, 5.74) is 11.6. The number of nitrogen functional groups attached to an aromatic ring is 1. The Bertz CT molecular complexity index is 532. The lowest BCUT2D eigenvalue weighted by Crippen LogP contribution is -2.41. The first-order valence-corrected chi connectivity index (χ1v) is 6.99. The van der Waals surface area contributed by atoms with Gasteiger partial charge in [-0.2, -0.15) is 0 Å². The molecule has 0 spiro atoms. The van der Waals surface area contributed by atoms with Gasteiger partial charge in [0.2, 0.25) is 5.91 Å². The van der Waals surface area contributed by atoms with E-state index < -0.39 is 0 Å². The topological polar surface area (TPSA) is 89.4 Å². The van der Waals surface area contributed by atoms with Crippen LogP contribution in [-0.4, -0.2) is 29.8 Å². The first-order valence-electron chi connectivity index (χ1n) is 6.23. The molecule has 1 aliphatic heterocycles. The highest BCUT2D eigenvalue weighted by atomic mass is 35.5. The Morgan fingerprint density at radius 2 is 1.80 bits per heavy atom. The third kappa shape index (κ3) is 2.99. The highest BCUT2D eigenvalue weighted by Crippen LogP contribution is 2.30. The predicted molar refractivity (Wildman–Crippen MR) is 78.7 cm³/mol. The predicted octanol–water partition coefficient (Wildman–Crippen LogP) is 1.91. The van der Waals surface area contributed by atoms with Crippen LogP contribution in [0.5, 0.6) is 0 Å². The van der Waals surface area contributed by atoms with E-state index in [-0.39, 0.29) is 33.5 Å². The average Bonchev–Trinajstić information content (AvgIpc) is 2.43. The highest BCUT2D eigenvalue weighted by molar-refractivity contribution is 6.43. The van der Waals surface area contributed by atoms with E-state index in [9.17, 15) is 9.59 Å². The van der Waals surface area contributed by atoms with E-state index in [1.165, 1.54) is 12.1 Å². The largest absolute Gasteiger partial charge is 0.397 e. The molecule has 0 aliphatic carbocycles. The second-order valence-electron chi connectivity index (χ2n) is 4.83. The van der Waals surface area contributed by atoms with Gasteiger partial charge in [-0.15, -0.1) is 0 Å². The van der Waals surface area contributed by atoms with Crippen LogP contribution in [0.3, 0.4) is 0 Å². The quantitative estimate of drug-likeness (QED) is 0.817. The number of piperidine rings is 1. The molecule has 5 nitrogen and oxygen atoms in total. The fourth-order valence-electron chi connectivity index (χ4n) is 2.28. The maximum Gasteiger partial charge on any atom is 0.253 e. The number of hydrogen-bond donors (Lipinski definition) is 2. The van der Waals surface area contributed by atoms with Gasteiger partial charge in [0.25, 0.3) is 5.91 Å². The Hall–Kier alpha value is -1.46. The number of nitrogens with zero attached hydrogens (tertiary/aromatic N) is 1. The molecule has 0 atom stereocenters. The lowest BCUT2D eigenvalue weighted by molar-refractivity contribution is -0.123. The molecule has 1 aliphatic rings. The van der Waals surface area contributed by atoms with Crippen molar-refractivity contribution in [2.75, 3.05) is 18.8 Å². The third-order valence-electron chi connectivity index (χ3n) is 3.49. The number of halogens is 2. The molecule has 0 saturated carbocycles. The zero-order valence-corrected chi connectivity index (χ0v) is 12.2. The zero-order chi connectivity index (χ0) is 14.9. The smallest absolute Gasteiger partial charge is 0.253 e. The van der Waals surface area contributed by atoms with Crippen LogP contribution in [0.4, 0.5) is 5.69 Å². The van der Waals surface area contributed by atoms with Gasteiger partial charge in [-0.1, -0.05) is 23.2 Å². The van der Waals surface area contributed by atoms with Gasteiger partial charge in [-0.05, 0) is 25.0 Å². The molecule has 2 amide bonds. The van der Waals surface area contributed by atoms with E-state index in [4.69, 9.17) is 34.7 Å². The number of primary amides is 1. The highest BCUT2D eigenvalue weighted by Gasteiger charge is 2.26. The number of carbonyl (C=O) groups is 2. The molecule has 0 aromatic heterocycles. The summed E-state index contributed by atoms with van der Waals surface area (Å²) in [6.07, 6.45) is 1.16. The monoisotopic (exact) mass is 315 g/mol. The van der Waals surface area contributed by atoms with Crippen LogP contribution in [0.15, 0.2) is 12.1 Å². The molecule has 0 radical (unpaired) electrons. The van der Waals surface area contributed by atoms with Gasteiger partial charge < -0.3 is 16.4 Å². The molecule has 1 saturated heterocycles. The maximum absolute atomic E-state index is 12.3. The summed E-state index contributed by atoms with van der Waals surface area (Å²) in [5, 5.41) is 0.498. The van der Waals surface area contributed by atoms with E-state index in [2.05, 4.69) is 0 Å². The molecular weight excluding hydrogens is 301 g/mol. The Kier molecular flexibility index (Phi) is 4.40. The summed E-state index contributed by atoms with van der Waals surface area (Å²) in [4.78, 5) is 25.1. The lowest BCUT2D eigenvalue weighted by Gasteiger charge is -2.30. The number of likely N-dealkylation sites (tertiary alicyclic amines) is 1. The van der Waals surface area contributed by atoms with Crippen molar-refractivity contribution in [3.8, 4) is 0 Å². The third-order valence-corrected chi connectivity index (χ3v) is 4.30. The van der Waals surface area contributed by atoms with Crippen LogP contribution in [0, 0.1) is 5.92 Å². The molecule has 2 rings (SSSR count). The van der Waals surface area contributed by atoms with Gasteiger partial charge in [-0.3, -0.25) is 9.59 Å². The van der Waals surface area contributed by atoms with Crippen LogP contribution < -0.4 is 11.5 Å². The average molecular weight is 316 g/mol. The summed E-state index contributed by atoms with van der Waals surface area (Å²) in [5.74, 6) is -0.632. The van der Waals surface area contributed by atoms with Crippen LogP contribution >= 0.6 is 23.2 Å². The molecule has 1 fully saturated rings. The van der Waals surface area contributed by atoms with E-state index in [0.29, 0.717) is 31.5 Å². The maximum atomic E-state index is 12.3. The first-order chi connectivity index (χ1) is 9.40. The number of benzene rings is 1. The molecule has 4 N–H and O–H groups in total. The van der Waals surface area contributed by atoms with Crippen molar-refractivity contribution < 1.29 is 9.59 Å². The molecule has 1 aromatic carbocycles. The second kappa shape index (κ2) is 5.89. The fourth-order valence-corrected chi connectivity index (χ4v) is 2.62. The Morgan fingerprint density at radius 3 is 2.30 bits per heavy atom. The first kappa shape index (κ1) is 14.9. The number of hydrogen-bond acceptors (Lipinski definition) is 3. The molecule has 108 valence electrons. The molecular formula is C13H15Cl2N3O2. The number of amides is 2. The minimum atomic E-state index is -0.309. The summed E-state index contributed by atoms with van der Waals surface area (Å²) < 4.78 is 0. The van der Waals surface area contributed by atoms with Crippen molar-refractivity contribution in [3.63, 3.8) is 0 Å². The summed E-state index contributed by atoms with van der Waals surface area (Å²) >= 11 is 11.8. The molecule has 1 heterocycles. The van der Waals surface area contributed by atoms with Gasteiger partial charge in [-0.25, -0.2) is 0 Å². The SMILES string of the molecule is NC(=O)C1CCN(C(=O)c2cc(N)c(Cl)c(Cl)c2)CC1. The Morgan fingerprint density at radius 1 is 1.20 bits per heavy atom. The molecule has 20 heavy (non-hydrogen) atoms. The zero-order valence-electron chi connectivity index (χ0n) is 10.7. The summed E-state index contributed by atoms with van der Waals surface area (Å²) in [6.45, 7) is 0.985. The van der Waals surface area contributed by atoms with Gasteiger partial charge in [0.1, 0.15) is 0 Å². The van der Waals surface area contributed by atoms with Crippen molar-refractivity contribution in [1.82, 2.24) is 4.90 Å². The molecule has 0 bridgehead atoms. The number of carbonyl (C=O) groups excluding carboxylic acids is 2. The Labute approximate surface area is 126 Å². The minimum absolute atomic E-state index is 0.155. The van der Waals surface area contributed by atoms with Crippen molar-refractivity contribution in [2.24, 2.45) is 11.7 Å². The van der Waals surface area contributed by atoms with Gasteiger partial charge >= 0.3 is 0 Å². The van der Waals surface area contributed by atoms with Crippen LogP contribution in [0.2, 0.25) is 10.0 Å². The fraction of sp³-hybridized carbons (Fsp3) is 0.385. The van der Waals surface area contributed by atoms with Crippen LogP contribution in [0.1, 0.15) is 23.2 Å². The minimum Gasteiger partial charge on any atom is -0.397 e. The van der Waals surface area contributed by atoms with E-state index in [1.54, 1.807) is 4.90 Å². The summed E-state index contributed by atoms with van der Waals surface area (Å²) in [6, 6.07) is 3.01. The van der Waals surface area contributed by atoms with Gasteiger partial charge in [0.05, 0.1) is 15.7 Å². The molecule has 0 unspecified atom stereocenters. The second-order valence-corrected chi connectivity index (χ2v) is 5.62. The Balaban J connectivity index is 2.11. The van der Waals surface area contributed by atoms with E-state index in [0.717, 1.165) is 0 Å². The van der Waals surface area contributed by atoms with Gasteiger partial charge in [0.15, 0.2) is 0 Å². The molecule has 7 heteroatoms. The number of nitrogens with two attached hydrogens (primary N) is 2. The van der Waals surface area contributed by atoms with Gasteiger partial charge in [0, 0.05) is 24.6 Å². The van der Waals surface area contributed by atoms with Crippen molar-refractivity contribution in [3.05, 3.63) is 27.7 Å². The number of anilines is 1. The lowest BCUT2D eigenvalue weighted by atomic mass is 9.96. The van der Waals surface area contributed by atoms with Crippen LogP contribution in [-0.2, 0) is 4.79 Å². The van der Waals surface area contributed by atoms with Crippen molar-refractivity contribution >= 4 is 40.7 Å². The standard InChI is InChI=1S/C13H15Cl2N3O2/c14-9-5-8(6-10(16)11(9)15)13(20)18-3-1-7(2-4-18)12(17)19/h5-7H,1-4,16H2,(H2,17,19). The van der Waals surface area contributed by atoms with E-state index in [1.807, 2.05) is 0 Å². The normalized spacial score (nSPS) is 16.2. The number of rotatable bonds is 2. The van der Waals surface area contributed by atoms with Crippen molar-refractivity contribution in [2.45, 2.75) is 12.8 Å².